The molecule has 0 saturated carbocycles. The lowest BCUT2D eigenvalue weighted by molar-refractivity contribution is 0.591. The fourth-order valence-corrected chi connectivity index (χ4v) is 4.64. The number of nitrogen functional groups attached to an aromatic ring is 1. The predicted molar refractivity (Wildman–Crippen MR) is 85.0 cm³/mol. The summed E-state index contributed by atoms with van der Waals surface area (Å²) in [5, 5.41) is 0. The van der Waals surface area contributed by atoms with Gasteiger partial charge >= 0.3 is 0 Å². The van der Waals surface area contributed by atoms with Crippen molar-refractivity contribution in [1.82, 2.24) is 0 Å². The van der Waals surface area contributed by atoms with Gasteiger partial charge in [0.25, 0.3) is 10.0 Å². The molecule has 110 valence electrons. The van der Waals surface area contributed by atoms with Crippen molar-refractivity contribution in [3.63, 3.8) is 0 Å². The van der Waals surface area contributed by atoms with Crippen LogP contribution in [0.15, 0.2) is 41.3 Å². The van der Waals surface area contributed by atoms with Crippen LogP contribution >= 0.6 is 0 Å². The summed E-state index contributed by atoms with van der Waals surface area (Å²) in [7, 11) is -3.57. The summed E-state index contributed by atoms with van der Waals surface area (Å²) in [4.78, 5) is 0.360. The SMILES string of the molecule is Cc1ccc(C)c(S(=O)(=O)N2CCc3cccc(N)c32)c1. The van der Waals surface area contributed by atoms with Crippen molar-refractivity contribution < 1.29 is 8.42 Å². The molecule has 1 aliphatic heterocycles. The Hall–Kier alpha value is -2.01. The fraction of sp³-hybridized carbons (Fsp3) is 0.250. The number of para-hydroxylation sites is 1. The topological polar surface area (TPSA) is 63.4 Å². The molecule has 2 aromatic carbocycles. The Kier molecular flexibility index (Phi) is 3.17. The minimum atomic E-state index is -3.57. The van der Waals surface area contributed by atoms with Crippen LogP contribution in [0, 0.1) is 13.8 Å². The minimum Gasteiger partial charge on any atom is -0.397 e. The van der Waals surface area contributed by atoms with E-state index in [-0.39, 0.29) is 0 Å². The number of hydrogen-bond acceptors (Lipinski definition) is 3. The summed E-state index contributed by atoms with van der Waals surface area (Å²) >= 11 is 0. The van der Waals surface area contributed by atoms with Gasteiger partial charge in [0, 0.05) is 6.54 Å². The van der Waals surface area contributed by atoms with E-state index in [1.54, 1.807) is 12.1 Å². The fourth-order valence-electron chi connectivity index (χ4n) is 2.80. The molecule has 0 spiro atoms. The molecule has 2 aromatic rings. The van der Waals surface area contributed by atoms with E-state index in [1.165, 1.54) is 4.31 Å². The Morgan fingerprint density at radius 2 is 1.90 bits per heavy atom. The Labute approximate surface area is 125 Å². The molecule has 21 heavy (non-hydrogen) atoms. The van der Waals surface area contributed by atoms with Crippen LogP contribution in [0.3, 0.4) is 0 Å². The van der Waals surface area contributed by atoms with Gasteiger partial charge in [0.1, 0.15) is 0 Å². The maximum atomic E-state index is 13.0. The molecule has 0 atom stereocenters. The first-order valence-corrected chi connectivity index (χ1v) is 8.32. The zero-order chi connectivity index (χ0) is 15.2. The molecule has 0 aromatic heterocycles. The summed E-state index contributed by atoms with van der Waals surface area (Å²) in [6.07, 6.45) is 0.699. The zero-order valence-electron chi connectivity index (χ0n) is 12.1. The van der Waals surface area contributed by atoms with E-state index in [0.29, 0.717) is 29.2 Å². The summed E-state index contributed by atoms with van der Waals surface area (Å²) < 4.78 is 27.4. The molecule has 0 unspecified atom stereocenters. The molecule has 4 nitrogen and oxygen atoms in total. The number of fused-ring (bicyclic) bond motifs is 1. The summed E-state index contributed by atoms with van der Waals surface area (Å²) in [6, 6.07) is 11.0. The highest BCUT2D eigenvalue weighted by Gasteiger charge is 2.33. The molecule has 2 N–H and O–H groups in total. The second-order valence-electron chi connectivity index (χ2n) is 5.45. The first-order valence-electron chi connectivity index (χ1n) is 6.88. The third-order valence-corrected chi connectivity index (χ3v) is 5.84. The predicted octanol–water partition coefficient (Wildman–Crippen LogP) is 2.64. The first-order chi connectivity index (χ1) is 9.91. The van der Waals surface area contributed by atoms with Gasteiger partial charge < -0.3 is 5.73 Å². The molecular formula is C16H18N2O2S. The van der Waals surface area contributed by atoms with E-state index in [9.17, 15) is 8.42 Å². The van der Waals surface area contributed by atoms with Crippen LogP contribution < -0.4 is 10.0 Å². The van der Waals surface area contributed by atoms with Crippen molar-refractivity contribution >= 4 is 21.4 Å². The number of nitrogens with two attached hydrogens (primary N) is 1. The standard InChI is InChI=1S/C16H18N2O2S/c1-11-6-7-12(2)15(10-11)21(19,20)18-9-8-13-4-3-5-14(17)16(13)18/h3-7,10H,8-9,17H2,1-2H3. The highest BCUT2D eigenvalue weighted by atomic mass is 32.2. The van der Waals surface area contributed by atoms with E-state index in [2.05, 4.69) is 0 Å². The van der Waals surface area contributed by atoms with Gasteiger partial charge in [-0.05, 0) is 49.1 Å². The third kappa shape index (κ3) is 2.17. The molecule has 0 radical (unpaired) electrons. The van der Waals surface area contributed by atoms with Crippen molar-refractivity contribution in [2.75, 3.05) is 16.6 Å². The number of hydrogen-bond donors (Lipinski definition) is 1. The molecule has 0 fully saturated rings. The van der Waals surface area contributed by atoms with Gasteiger partial charge in [-0.15, -0.1) is 0 Å². The van der Waals surface area contributed by atoms with Crippen LogP contribution in [0.25, 0.3) is 0 Å². The van der Waals surface area contributed by atoms with Crippen LogP contribution in [0.5, 0.6) is 0 Å². The van der Waals surface area contributed by atoms with Gasteiger partial charge in [0.2, 0.25) is 0 Å². The first kappa shape index (κ1) is 13.9. The zero-order valence-corrected chi connectivity index (χ0v) is 12.9. The molecule has 5 heteroatoms. The number of anilines is 2. The maximum Gasteiger partial charge on any atom is 0.264 e. The van der Waals surface area contributed by atoms with E-state index < -0.39 is 10.0 Å². The second kappa shape index (κ2) is 4.77. The quantitative estimate of drug-likeness (QED) is 0.867. The maximum absolute atomic E-state index is 13.0. The molecular weight excluding hydrogens is 284 g/mol. The van der Waals surface area contributed by atoms with Crippen LogP contribution in [0.2, 0.25) is 0 Å². The Bertz CT molecular complexity index is 813. The number of aryl methyl sites for hydroxylation is 2. The summed E-state index contributed by atoms with van der Waals surface area (Å²) in [5.74, 6) is 0. The largest absolute Gasteiger partial charge is 0.397 e. The van der Waals surface area contributed by atoms with Gasteiger partial charge in [0.15, 0.2) is 0 Å². The molecule has 0 bridgehead atoms. The number of benzene rings is 2. The lowest BCUT2D eigenvalue weighted by Gasteiger charge is -2.22. The number of nitrogens with zero attached hydrogens (tertiary/aromatic N) is 1. The normalized spacial score (nSPS) is 14.3. The van der Waals surface area contributed by atoms with Crippen molar-refractivity contribution in [1.29, 1.82) is 0 Å². The second-order valence-corrected chi connectivity index (χ2v) is 7.28. The van der Waals surface area contributed by atoms with Gasteiger partial charge in [-0.25, -0.2) is 8.42 Å². The molecule has 0 aliphatic carbocycles. The monoisotopic (exact) mass is 302 g/mol. The highest BCUT2D eigenvalue weighted by molar-refractivity contribution is 7.93. The van der Waals surface area contributed by atoms with Gasteiger partial charge in [0.05, 0.1) is 16.3 Å². The Morgan fingerprint density at radius 1 is 1.14 bits per heavy atom. The minimum absolute atomic E-state index is 0.360. The van der Waals surface area contributed by atoms with E-state index in [4.69, 9.17) is 5.73 Å². The van der Waals surface area contributed by atoms with E-state index in [1.807, 2.05) is 38.1 Å². The molecule has 0 saturated heterocycles. The molecule has 3 rings (SSSR count). The van der Waals surface area contributed by atoms with Crippen molar-refractivity contribution in [3.05, 3.63) is 53.1 Å². The van der Waals surface area contributed by atoms with Crippen LogP contribution in [0.4, 0.5) is 11.4 Å². The van der Waals surface area contributed by atoms with Crippen LogP contribution in [0.1, 0.15) is 16.7 Å². The van der Waals surface area contributed by atoms with E-state index in [0.717, 1.165) is 16.7 Å². The average molecular weight is 302 g/mol. The lowest BCUT2D eigenvalue weighted by atomic mass is 10.1. The van der Waals surface area contributed by atoms with Gasteiger partial charge in [-0.3, -0.25) is 4.31 Å². The van der Waals surface area contributed by atoms with Gasteiger partial charge in [-0.1, -0.05) is 24.3 Å². The molecule has 1 aliphatic rings. The van der Waals surface area contributed by atoms with Gasteiger partial charge in [-0.2, -0.15) is 0 Å². The smallest absolute Gasteiger partial charge is 0.264 e. The highest BCUT2D eigenvalue weighted by Crippen LogP contribution is 2.38. The van der Waals surface area contributed by atoms with Crippen molar-refractivity contribution in [2.45, 2.75) is 25.2 Å². The van der Waals surface area contributed by atoms with Crippen molar-refractivity contribution in [2.24, 2.45) is 0 Å². The third-order valence-electron chi connectivity index (χ3n) is 3.90. The lowest BCUT2D eigenvalue weighted by Crippen LogP contribution is -2.30. The van der Waals surface area contributed by atoms with Crippen molar-refractivity contribution in [3.8, 4) is 0 Å². The Morgan fingerprint density at radius 3 is 2.67 bits per heavy atom. The molecule has 1 heterocycles. The summed E-state index contributed by atoms with van der Waals surface area (Å²) in [5.41, 5.74) is 9.82. The number of sulfonamides is 1. The van der Waals surface area contributed by atoms with E-state index >= 15 is 0 Å². The average Bonchev–Trinajstić information content (AvgIpc) is 2.87. The summed E-state index contributed by atoms with van der Waals surface area (Å²) in [6.45, 7) is 4.15. The Balaban J connectivity index is 2.16. The van der Waals surface area contributed by atoms with Crippen LogP contribution in [-0.4, -0.2) is 15.0 Å². The van der Waals surface area contributed by atoms with Crippen LogP contribution in [-0.2, 0) is 16.4 Å². The molecule has 0 amide bonds. The number of rotatable bonds is 2.